The number of imide groups is 1. The van der Waals surface area contributed by atoms with Crippen LogP contribution in [0.3, 0.4) is 0 Å². The second-order valence-electron chi connectivity index (χ2n) is 7.43. The van der Waals surface area contributed by atoms with Crippen LogP contribution in [-0.4, -0.2) is 67.6 Å². The lowest BCUT2D eigenvalue weighted by Gasteiger charge is -2.36. The normalized spacial score (nSPS) is 17.8. The Balaban J connectivity index is 1.52. The van der Waals surface area contributed by atoms with Crippen molar-refractivity contribution in [2.75, 3.05) is 56.3 Å². The zero-order valence-electron chi connectivity index (χ0n) is 18.0. The molecule has 168 valence electrons. The van der Waals surface area contributed by atoms with E-state index in [0.29, 0.717) is 35.6 Å². The molecule has 1 N–H and O–H groups in total. The Morgan fingerprint density at radius 1 is 1.06 bits per heavy atom. The minimum Gasteiger partial charge on any atom is -0.475 e. The van der Waals surface area contributed by atoms with Crippen molar-refractivity contribution in [3.8, 4) is 5.88 Å². The van der Waals surface area contributed by atoms with E-state index in [0.717, 1.165) is 37.9 Å². The first kappa shape index (κ1) is 22.1. The third kappa shape index (κ3) is 5.38. The predicted molar refractivity (Wildman–Crippen MR) is 124 cm³/mol. The van der Waals surface area contributed by atoms with Crippen LogP contribution in [0.25, 0.3) is 6.08 Å². The van der Waals surface area contributed by atoms with Gasteiger partial charge in [0.15, 0.2) is 0 Å². The van der Waals surface area contributed by atoms with Gasteiger partial charge in [0, 0.05) is 45.0 Å². The molecule has 2 fully saturated rings. The van der Waals surface area contributed by atoms with E-state index in [1.54, 1.807) is 19.3 Å². The molecule has 2 aromatic rings. The van der Waals surface area contributed by atoms with Crippen LogP contribution in [0.15, 0.2) is 35.2 Å². The summed E-state index contributed by atoms with van der Waals surface area (Å²) in [7, 11) is 1.60. The van der Waals surface area contributed by atoms with Gasteiger partial charge in [-0.2, -0.15) is 4.98 Å². The number of aryl methyl sites for hydroxylation is 1. The summed E-state index contributed by atoms with van der Waals surface area (Å²) in [5, 5.41) is 1.87. The third-order valence-electron chi connectivity index (χ3n) is 5.13. The van der Waals surface area contributed by atoms with Crippen LogP contribution in [0.1, 0.15) is 11.3 Å². The summed E-state index contributed by atoms with van der Waals surface area (Å²) in [5.41, 5.74) is 2.95. The van der Waals surface area contributed by atoms with E-state index in [9.17, 15) is 9.59 Å². The van der Waals surface area contributed by atoms with E-state index in [-0.39, 0.29) is 5.24 Å². The molecule has 0 radical (unpaired) electrons. The van der Waals surface area contributed by atoms with Crippen molar-refractivity contribution in [2.24, 2.45) is 0 Å². The summed E-state index contributed by atoms with van der Waals surface area (Å²) in [5.74, 6) is 0.508. The maximum atomic E-state index is 11.9. The van der Waals surface area contributed by atoms with Crippen molar-refractivity contribution >= 4 is 40.6 Å². The Kier molecular flexibility index (Phi) is 6.91. The van der Waals surface area contributed by atoms with Gasteiger partial charge < -0.3 is 19.3 Å². The second kappa shape index (κ2) is 10.0. The monoisotopic (exact) mass is 455 g/mol. The molecule has 2 amide bonds. The molecule has 1 aromatic heterocycles. The average molecular weight is 456 g/mol. The second-order valence-corrected chi connectivity index (χ2v) is 8.45. The first-order valence-electron chi connectivity index (χ1n) is 10.3. The highest BCUT2D eigenvalue weighted by Gasteiger charge is 2.26. The van der Waals surface area contributed by atoms with Gasteiger partial charge in [-0.3, -0.25) is 14.9 Å². The van der Waals surface area contributed by atoms with E-state index >= 15 is 0 Å². The molecule has 0 aliphatic carbocycles. The van der Waals surface area contributed by atoms with Crippen LogP contribution in [0.5, 0.6) is 5.88 Å². The Hall–Kier alpha value is -3.11. The Labute approximate surface area is 190 Å². The minimum absolute atomic E-state index is 0.298. The minimum atomic E-state index is -0.422. The van der Waals surface area contributed by atoms with Gasteiger partial charge in [-0.1, -0.05) is 17.7 Å². The Morgan fingerprint density at radius 2 is 1.78 bits per heavy atom. The molecule has 0 unspecified atom stereocenters. The summed E-state index contributed by atoms with van der Waals surface area (Å²) in [6, 6.07) is 10.2. The average Bonchev–Trinajstić information content (AvgIpc) is 3.11. The Morgan fingerprint density at radius 3 is 2.44 bits per heavy atom. The number of rotatable bonds is 7. The fourth-order valence-corrected chi connectivity index (χ4v) is 4.09. The molecule has 9 nitrogen and oxygen atoms in total. The molecule has 0 bridgehead atoms. The highest BCUT2D eigenvalue weighted by molar-refractivity contribution is 8.18. The number of thioether (sulfide) groups is 1. The molecule has 32 heavy (non-hydrogen) atoms. The maximum Gasteiger partial charge on any atom is 0.290 e. The van der Waals surface area contributed by atoms with Crippen LogP contribution in [0, 0.1) is 6.92 Å². The SMILES string of the molecule is COCCOc1cc(/C=C2\SC(=O)NC2=O)nc(N2CCN(c3ccc(C)cc3)CC2)n1. The molecule has 10 heteroatoms. The van der Waals surface area contributed by atoms with Gasteiger partial charge in [-0.25, -0.2) is 4.98 Å². The van der Waals surface area contributed by atoms with Crippen molar-refractivity contribution in [2.45, 2.75) is 6.92 Å². The summed E-state index contributed by atoms with van der Waals surface area (Å²) in [6.07, 6.45) is 1.59. The summed E-state index contributed by atoms with van der Waals surface area (Å²) in [4.78, 5) is 37.3. The van der Waals surface area contributed by atoms with E-state index in [1.807, 2.05) is 0 Å². The molecule has 0 spiro atoms. The van der Waals surface area contributed by atoms with Crippen molar-refractivity contribution in [1.82, 2.24) is 15.3 Å². The predicted octanol–water partition coefficient (Wildman–Crippen LogP) is 2.46. The number of piperazine rings is 1. The van der Waals surface area contributed by atoms with Gasteiger partial charge >= 0.3 is 0 Å². The van der Waals surface area contributed by atoms with Crippen LogP contribution < -0.4 is 19.9 Å². The summed E-state index contributed by atoms with van der Waals surface area (Å²) < 4.78 is 10.8. The molecule has 3 heterocycles. The molecule has 2 saturated heterocycles. The zero-order valence-corrected chi connectivity index (χ0v) is 18.9. The van der Waals surface area contributed by atoms with Gasteiger partial charge in [-0.15, -0.1) is 0 Å². The number of methoxy groups -OCH3 is 1. The standard InChI is InChI=1S/C22H25N5O4S/c1-15-3-5-17(6-4-15)26-7-9-27(10-8-26)21-23-16(13-18-20(28)25-22(29)32-18)14-19(24-21)31-12-11-30-2/h3-6,13-14H,7-12H2,1-2H3,(H,25,28,29)/b18-13-. The lowest BCUT2D eigenvalue weighted by Crippen LogP contribution is -2.47. The van der Waals surface area contributed by atoms with Gasteiger partial charge in [0.2, 0.25) is 11.8 Å². The molecule has 2 aliphatic heterocycles. The van der Waals surface area contributed by atoms with Crippen LogP contribution in [-0.2, 0) is 9.53 Å². The number of hydrogen-bond acceptors (Lipinski definition) is 9. The van der Waals surface area contributed by atoms with Crippen LogP contribution in [0.4, 0.5) is 16.4 Å². The Bertz CT molecular complexity index is 1020. The van der Waals surface area contributed by atoms with Crippen molar-refractivity contribution < 1.29 is 19.1 Å². The van der Waals surface area contributed by atoms with Gasteiger partial charge in [0.1, 0.15) is 6.61 Å². The summed E-state index contributed by atoms with van der Waals surface area (Å²) in [6.45, 7) is 6.03. The molecule has 4 rings (SSSR count). The lowest BCUT2D eigenvalue weighted by atomic mass is 10.2. The summed E-state index contributed by atoms with van der Waals surface area (Å²) >= 11 is 0.856. The number of nitrogens with one attached hydrogen (secondary N) is 1. The topological polar surface area (TPSA) is 96.9 Å². The molecule has 2 aliphatic rings. The van der Waals surface area contributed by atoms with E-state index < -0.39 is 5.91 Å². The van der Waals surface area contributed by atoms with Gasteiger partial charge in [0.25, 0.3) is 11.1 Å². The number of carbonyl (C=O) groups is 2. The maximum absolute atomic E-state index is 11.9. The fraction of sp³-hybridized carbons (Fsp3) is 0.364. The van der Waals surface area contributed by atoms with Crippen molar-refractivity contribution in [1.29, 1.82) is 0 Å². The van der Waals surface area contributed by atoms with Gasteiger partial charge in [-0.05, 0) is 36.9 Å². The van der Waals surface area contributed by atoms with Crippen molar-refractivity contribution in [3.63, 3.8) is 0 Å². The number of aromatic nitrogens is 2. The first-order chi connectivity index (χ1) is 15.5. The van der Waals surface area contributed by atoms with Crippen LogP contribution in [0.2, 0.25) is 0 Å². The molecular weight excluding hydrogens is 430 g/mol. The zero-order chi connectivity index (χ0) is 22.5. The van der Waals surface area contributed by atoms with E-state index in [4.69, 9.17) is 9.47 Å². The number of carbonyl (C=O) groups excluding carboxylic acids is 2. The van der Waals surface area contributed by atoms with E-state index in [2.05, 4.69) is 56.3 Å². The number of hydrogen-bond donors (Lipinski definition) is 1. The largest absolute Gasteiger partial charge is 0.475 e. The highest BCUT2D eigenvalue weighted by Crippen LogP contribution is 2.27. The number of amides is 2. The highest BCUT2D eigenvalue weighted by atomic mass is 32.2. The molecular formula is C22H25N5O4S. The molecule has 0 atom stereocenters. The quantitative estimate of drug-likeness (QED) is 0.499. The van der Waals surface area contributed by atoms with Crippen molar-refractivity contribution in [3.05, 3.63) is 46.5 Å². The van der Waals surface area contributed by atoms with E-state index in [1.165, 1.54) is 11.3 Å². The smallest absolute Gasteiger partial charge is 0.290 e. The fourth-order valence-electron chi connectivity index (χ4n) is 3.42. The molecule has 1 aromatic carbocycles. The number of benzene rings is 1. The molecule has 0 saturated carbocycles. The van der Waals surface area contributed by atoms with Gasteiger partial charge in [0.05, 0.1) is 17.2 Å². The number of anilines is 2. The third-order valence-corrected chi connectivity index (χ3v) is 5.94. The number of nitrogens with zero attached hydrogens (tertiary/aromatic N) is 4. The lowest BCUT2D eigenvalue weighted by molar-refractivity contribution is -0.115. The van der Waals surface area contributed by atoms with Crippen LogP contribution >= 0.6 is 11.8 Å². The first-order valence-corrected chi connectivity index (χ1v) is 11.2. The number of ether oxygens (including phenoxy) is 2.